The van der Waals surface area contributed by atoms with Gasteiger partial charge in [-0.25, -0.2) is 0 Å². The monoisotopic (exact) mass is 476 g/mol. The summed E-state index contributed by atoms with van der Waals surface area (Å²) >= 11 is 0. The number of fused-ring (bicyclic) bond motifs is 1. The zero-order valence-corrected chi connectivity index (χ0v) is 19.5. The average molecular weight is 477 g/mol. The van der Waals surface area contributed by atoms with Gasteiger partial charge in [-0.3, -0.25) is 19.9 Å². The zero-order chi connectivity index (χ0) is 25.1. The van der Waals surface area contributed by atoms with Gasteiger partial charge in [0.25, 0.3) is 5.69 Å². The van der Waals surface area contributed by atoms with Gasteiger partial charge in [-0.15, -0.1) is 0 Å². The van der Waals surface area contributed by atoms with Gasteiger partial charge in [-0.05, 0) is 39.9 Å². The predicted molar refractivity (Wildman–Crippen MR) is 141 cm³/mol. The molecule has 0 saturated heterocycles. The fourth-order valence-electron chi connectivity index (χ4n) is 4.80. The van der Waals surface area contributed by atoms with Crippen molar-refractivity contribution in [3.05, 3.63) is 130 Å². The van der Waals surface area contributed by atoms with Gasteiger partial charge < -0.3 is 5.11 Å². The second-order valence-electron chi connectivity index (χ2n) is 8.91. The van der Waals surface area contributed by atoms with Gasteiger partial charge in [0.05, 0.1) is 21.9 Å². The van der Waals surface area contributed by atoms with E-state index < -0.39 is 4.92 Å². The summed E-state index contributed by atoms with van der Waals surface area (Å²) in [7, 11) is 0. The quantitative estimate of drug-likeness (QED) is 0.184. The fraction of sp³-hybridized carbons (Fsp3) is 0.133. The van der Waals surface area contributed by atoms with Gasteiger partial charge >= 0.3 is 0 Å². The number of allylic oxidation sites excluding steroid dienone is 2. The number of benzene rings is 4. The third-order valence-electron chi connectivity index (χ3n) is 6.56. The fourth-order valence-corrected chi connectivity index (χ4v) is 4.80. The van der Waals surface area contributed by atoms with Gasteiger partial charge in [0.2, 0.25) is 0 Å². The van der Waals surface area contributed by atoms with Crippen LogP contribution in [0.15, 0.2) is 113 Å². The van der Waals surface area contributed by atoms with Gasteiger partial charge in [0, 0.05) is 31.4 Å². The molecule has 0 saturated carbocycles. The number of carbonyl (C=O) groups is 1. The van der Waals surface area contributed by atoms with Crippen molar-refractivity contribution in [1.82, 2.24) is 0 Å². The van der Waals surface area contributed by atoms with Gasteiger partial charge in [0.15, 0.2) is 5.78 Å². The number of hydrogen-bond donors (Lipinski definition) is 1. The minimum atomic E-state index is -0.465. The Morgan fingerprint density at radius 1 is 0.889 bits per heavy atom. The van der Waals surface area contributed by atoms with Crippen molar-refractivity contribution >= 4 is 33.6 Å². The molecular formula is C30H24N2O4. The molecule has 5 rings (SSSR count). The Labute approximate surface area is 208 Å². The molecule has 0 heterocycles. The van der Waals surface area contributed by atoms with Crippen LogP contribution in [0.5, 0.6) is 0 Å². The maximum Gasteiger partial charge on any atom is 0.269 e. The number of ketones is 1. The number of nitro groups is 1. The van der Waals surface area contributed by atoms with E-state index in [0.29, 0.717) is 24.2 Å². The molecule has 178 valence electrons. The molecule has 0 aliphatic heterocycles. The minimum absolute atomic E-state index is 0.0287. The van der Waals surface area contributed by atoms with Crippen molar-refractivity contribution in [2.75, 3.05) is 0 Å². The zero-order valence-electron chi connectivity index (χ0n) is 19.5. The maximum absolute atomic E-state index is 13.4. The van der Waals surface area contributed by atoms with Crippen molar-refractivity contribution in [1.29, 1.82) is 0 Å². The van der Waals surface area contributed by atoms with Gasteiger partial charge in [0.1, 0.15) is 5.76 Å². The van der Waals surface area contributed by atoms with Crippen LogP contribution in [-0.2, 0) is 11.2 Å². The van der Waals surface area contributed by atoms with E-state index >= 15 is 0 Å². The van der Waals surface area contributed by atoms with E-state index in [0.717, 1.165) is 21.9 Å². The third kappa shape index (κ3) is 4.79. The Morgan fingerprint density at radius 3 is 2.31 bits per heavy atom. The Bertz CT molecular complexity index is 1500. The molecule has 6 nitrogen and oxygen atoms in total. The lowest BCUT2D eigenvalue weighted by atomic mass is 9.80. The number of carbonyl (C=O) groups excluding carboxylic acids is 1. The SMILES string of the molecule is O=C1CC(c2ccccc2)CC(O)=C1C(Cc1cccc2ccccc12)=Nc1ccc([N+](=O)[O-])cc1. The first-order valence-electron chi connectivity index (χ1n) is 11.8. The number of nitro benzene ring substituents is 1. The number of non-ortho nitro benzene ring substituents is 1. The molecule has 1 aliphatic carbocycles. The van der Waals surface area contributed by atoms with E-state index in [1.807, 2.05) is 72.8 Å². The highest BCUT2D eigenvalue weighted by Gasteiger charge is 2.31. The van der Waals surface area contributed by atoms with Crippen molar-refractivity contribution in [2.45, 2.75) is 25.2 Å². The van der Waals surface area contributed by atoms with Crippen LogP contribution in [-0.4, -0.2) is 21.5 Å². The molecule has 0 radical (unpaired) electrons. The second kappa shape index (κ2) is 9.96. The first-order valence-corrected chi connectivity index (χ1v) is 11.8. The molecule has 0 aromatic heterocycles. The van der Waals surface area contributed by atoms with Crippen LogP contribution in [0.2, 0.25) is 0 Å². The number of aliphatic hydroxyl groups excluding tert-OH is 1. The third-order valence-corrected chi connectivity index (χ3v) is 6.56. The molecular weight excluding hydrogens is 452 g/mol. The number of Topliss-reactive ketones (excluding diaryl/α,β-unsaturated/α-hetero) is 1. The van der Waals surface area contributed by atoms with Crippen LogP contribution in [0.25, 0.3) is 10.8 Å². The average Bonchev–Trinajstić information content (AvgIpc) is 2.89. The number of rotatable bonds is 6. The number of aliphatic imine (C=N–C) groups is 1. The van der Waals surface area contributed by atoms with Crippen LogP contribution >= 0.6 is 0 Å². The lowest BCUT2D eigenvalue weighted by molar-refractivity contribution is -0.384. The smallest absolute Gasteiger partial charge is 0.269 e. The second-order valence-corrected chi connectivity index (χ2v) is 8.91. The summed E-state index contributed by atoms with van der Waals surface area (Å²) in [6.07, 6.45) is 0.956. The Kier molecular flexibility index (Phi) is 6.41. The molecule has 1 atom stereocenters. The molecule has 0 bridgehead atoms. The molecule has 1 unspecified atom stereocenters. The molecule has 4 aromatic carbocycles. The van der Waals surface area contributed by atoms with Crippen molar-refractivity contribution < 1.29 is 14.8 Å². The maximum atomic E-state index is 13.4. The first-order chi connectivity index (χ1) is 17.5. The summed E-state index contributed by atoms with van der Waals surface area (Å²) in [5, 5.41) is 24.3. The molecule has 4 aromatic rings. The van der Waals surface area contributed by atoms with E-state index in [9.17, 15) is 20.0 Å². The van der Waals surface area contributed by atoms with Crippen molar-refractivity contribution in [3.8, 4) is 0 Å². The van der Waals surface area contributed by atoms with Gasteiger partial charge in [-0.1, -0.05) is 72.8 Å². The summed E-state index contributed by atoms with van der Waals surface area (Å²) in [4.78, 5) is 28.8. The molecule has 1 N–H and O–H groups in total. The highest BCUT2D eigenvalue weighted by atomic mass is 16.6. The van der Waals surface area contributed by atoms with Crippen LogP contribution in [0.1, 0.15) is 29.9 Å². The molecule has 0 amide bonds. The molecule has 6 heteroatoms. The number of hydrogen-bond acceptors (Lipinski definition) is 5. The van der Waals surface area contributed by atoms with Crippen LogP contribution in [0.4, 0.5) is 11.4 Å². The highest BCUT2D eigenvalue weighted by molar-refractivity contribution is 6.24. The summed E-state index contributed by atoms with van der Waals surface area (Å²) in [5.74, 6) is -0.227. The molecule has 1 aliphatic rings. The normalized spacial score (nSPS) is 16.4. The topological polar surface area (TPSA) is 92.8 Å². The van der Waals surface area contributed by atoms with Crippen LogP contribution in [0.3, 0.4) is 0 Å². The predicted octanol–water partition coefficient (Wildman–Crippen LogP) is 7.02. The number of aliphatic hydroxyl groups is 1. The van der Waals surface area contributed by atoms with E-state index in [1.165, 1.54) is 12.1 Å². The summed E-state index contributed by atoms with van der Waals surface area (Å²) < 4.78 is 0. The van der Waals surface area contributed by atoms with E-state index in [4.69, 9.17) is 4.99 Å². The van der Waals surface area contributed by atoms with Crippen LogP contribution in [0, 0.1) is 10.1 Å². The standard InChI is InChI=1S/C30H24N2O4/c33-28-18-23(20-7-2-1-3-8-20)19-29(34)30(28)27(31-24-13-15-25(16-14-24)32(35)36)17-22-11-6-10-21-9-4-5-12-26(21)22/h1-16,23,33H,17-19H2. The van der Waals surface area contributed by atoms with Gasteiger partial charge in [-0.2, -0.15) is 0 Å². The number of nitrogens with zero attached hydrogens (tertiary/aromatic N) is 2. The van der Waals surface area contributed by atoms with Crippen molar-refractivity contribution in [2.24, 2.45) is 4.99 Å². The highest BCUT2D eigenvalue weighted by Crippen LogP contribution is 2.35. The Balaban J connectivity index is 1.58. The summed E-state index contributed by atoms with van der Waals surface area (Å²) in [6, 6.07) is 29.6. The summed E-state index contributed by atoms with van der Waals surface area (Å²) in [5.41, 5.74) is 3.13. The Morgan fingerprint density at radius 2 is 1.58 bits per heavy atom. The molecule has 0 spiro atoms. The van der Waals surface area contributed by atoms with E-state index in [-0.39, 0.29) is 35.1 Å². The largest absolute Gasteiger partial charge is 0.511 e. The van der Waals surface area contributed by atoms with E-state index in [1.54, 1.807) is 12.1 Å². The lowest BCUT2D eigenvalue weighted by Crippen LogP contribution is -2.25. The Hall–Kier alpha value is -4.58. The van der Waals surface area contributed by atoms with E-state index in [2.05, 4.69) is 0 Å². The molecule has 0 fully saturated rings. The first kappa shape index (κ1) is 23.2. The lowest BCUT2D eigenvalue weighted by Gasteiger charge is -2.25. The van der Waals surface area contributed by atoms with Crippen molar-refractivity contribution in [3.63, 3.8) is 0 Å². The summed E-state index contributed by atoms with van der Waals surface area (Å²) in [6.45, 7) is 0. The minimum Gasteiger partial charge on any atom is -0.511 e. The van der Waals surface area contributed by atoms with Crippen LogP contribution < -0.4 is 0 Å². The molecule has 36 heavy (non-hydrogen) atoms.